The van der Waals surface area contributed by atoms with E-state index in [9.17, 15) is 4.79 Å². The van der Waals surface area contributed by atoms with Crippen molar-refractivity contribution < 1.29 is 9.53 Å². The van der Waals surface area contributed by atoms with Crippen LogP contribution in [0.2, 0.25) is 5.02 Å². The van der Waals surface area contributed by atoms with Gasteiger partial charge in [0.15, 0.2) is 0 Å². The molecule has 0 amide bonds. The number of rotatable bonds is 5. The van der Waals surface area contributed by atoms with Crippen LogP contribution in [0.1, 0.15) is 25.2 Å². The third kappa shape index (κ3) is 3.46. The van der Waals surface area contributed by atoms with Gasteiger partial charge in [0.25, 0.3) is 0 Å². The second-order valence-electron chi connectivity index (χ2n) is 4.56. The average Bonchev–Trinajstić information content (AvgIpc) is 2.54. The molecule has 0 aliphatic rings. The number of methoxy groups -OCH3 is 1. The predicted octanol–water partition coefficient (Wildman–Crippen LogP) is 1.69. The highest BCUT2D eigenvalue weighted by atomic mass is 35.5. The lowest BCUT2D eigenvalue weighted by molar-refractivity contribution is -0.143. The zero-order valence-electron chi connectivity index (χ0n) is 11.5. The van der Waals surface area contributed by atoms with Crippen molar-refractivity contribution in [2.24, 2.45) is 0 Å². The summed E-state index contributed by atoms with van der Waals surface area (Å²) in [6.45, 7) is 8.08. The van der Waals surface area contributed by atoms with Crippen LogP contribution in [0.15, 0.2) is 0 Å². The lowest BCUT2D eigenvalue weighted by Crippen LogP contribution is -2.44. The van der Waals surface area contributed by atoms with Crippen molar-refractivity contribution in [3.05, 3.63) is 16.4 Å². The zero-order valence-corrected chi connectivity index (χ0v) is 12.2. The fourth-order valence-corrected chi connectivity index (χ4v) is 1.90. The Kier molecular flexibility index (Phi) is 5.16. The molecule has 1 rings (SSSR count). The molecule has 1 heterocycles. The van der Waals surface area contributed by atoms with Gasteiger partial charge in [-0.25, -0.2) is 0 Å². The van der Waals surface area contributed by atoms with Crippen molar-refractivity contribution in [1.82, 2.24) is 15.1 Å². The summed E-state index contributed by atoms with van der Waals surface area (Å²) in [5.74, 6) is -0.299. The molecule has 0 aliphatic carbocycles. The molecule has 0 aliphatic heterocycles. The van der Waals surface area contributed by atoms with E-state index < -0.39 is 6.04 Å². The summed E-state index contributed by atoms with van der Waals surface area (Å²) in [5.41, 5.74) is 1.62. The van der Waals surface area contributed by atoms with Crippen molar-refractivity contribution in [2.45, 2.75) is 46.3 Å². The van der Waals surface area contributed by atoms with E-state index in [0.717, 1.165) is 11.4 Å². The summed E-state index contributed by atoms with van der Waals surface area (Å²) in [7, 11) is 1.38. The van der Waals surface area contributed by atoms with Gasteiger partial charge in [0.2, 0.25) is 0 Å². The van der Waals surface area contributed by atoms with E-state index in [1.165, 1.54) is 7.11 Å². The van der Waals surface area contributed by atoms with E-state index in [1.807, 2.05) is 27.7 Å². The van der Waals surface area contributed by atoms with Crippen LogP contribution in [0.25, 0.3) is 0 Å². The Bertz CT molecular complexity index is 429. The molecule has 0 bridgehead atoms. The van der Waals surface area contributed by atoms with Gasteiger partial charge in [-0.3, -0.25) is 9.48 Å². The van der Waals surface area contributed by atoms with E-state index in [-0.39, 0.29) is 12.0 Å². The minimum Gasteiger partial charge on any atom is -0.468 e. The van der Waals surface area contributed by atoms with Gasteiger partial charge in [0, 0.05) is 6.04 Å². The minimum absolute atomic E-state index is 0.182. The van der Waals surface area contributed by atoms with Gasteiger partial charge >= 0.3 is 5.97 Å². The highest BCUT2D eigenvalue weighted by Crippen LogP contribution is 2.19. The first-order chi connectivity index (χ1) is 8.36. The van der Waals surface area contributed by atoms with Gasteiger partial charge in [-0.1, -0.05) is 25.4 Å². The lowest BCUT2D eigenvalue weighted by Gasteiger charge is -2.19. The third-order valence-electron chi connectivity index (χ3n) is 2.67. The van der Waals surface area contributed by atoms with E-state index in [0.29, 0.717) is 11.6 Å². The summed E-state index contributed by atoms with van der Waals surface area (Å²) < 4.78 is 6.52. The first kappa shape index (κ1) is 15.0. The maximum absolute atomic E-state index is 11.7. The SMILES string of the molecule is COC(=O)C(Cn1nc(C)c(Cl)c1C)NC(C)C. The molecule has 0 fully saturated rings. The minimum atomic E-state index is -0.427. The standard InChI is InChI=1S/C12H20ClN3O2/c1-7(2)14-10(12(17)18-5)6-16-9(4)11(13)8(3)15-16/h7,10,14H,6H2,1-5H3. The molecule has 18 heavy (non-hydrogen) atoms. The Hall–Kier alpha value is -1.07. The zero-order chi connectivity index (χ0) is 13.9. The molecule has 1 aromatic rings. The number of aromatic nitrogens is 2. The fraction of sp³-hybridized carbons (Fsp3) is 0.667. The fourth-order valence-electron chi connectivity index (χ4n) is 1.77. The summed E-state index contributed by atoms with van der Waals surface area (Å²) in [4.78, 5) is 11.7. The summed E-state index contributed by atoms with van der Waals surface area (Å²) in [6, 6.07) is -0.245. The molecule has 0 aromatic carbocycles. The first-order valence-corrected chi connectivity index (χ1v) is 6.28. The maximum Gasteiger partial charge on any atom is 0.324 e. The lowest BCUT2D eigenvalue weighted by atomic mass is 10.2. The number of nitrogens with zero attached hydrogens (tertiary/aromatic N) is 2. The molecule has 1 atom stereocenters. The number of ether oxygens (including phenoxy) is 1. The number of carbonyl (C=O) groups excluding carboxylic acids is 1. The molecule has 0 saturated carbocycles. The average molecular weight is 274 g/mol. The molecule has 0 radical (unpaired) electrons. The molecular weight excluding hydrogens is 254 g/mol. The third-order valence-corrected chi connectivity index (χ3v) is 3.22. The Morgan fingerprint density at radius 2 is 2.11 bits per heavy atom. The molecule has 6 heteroatoms. The Labute approximate surface area is 112 Å². The Morgan fingerprint density at radius 1 is 1.50 bits per heavy atom. The quantitative estimate of drug-likeness (QED) is 0.830. The Morgan fingerprint density at radius 3 is 2.50 bits per heavy atom. The largest absolute Gasteiger partial charge is 0.468 e. The van der Waals surface area contributed by atoms with Crippen LogP contribution in [0.5, 0.6) is 0 Å². The van der Waals surface area contributed by atoms with Gasteiger partial charge in [-0.2, -0.15) is 5.10 Å². The number of carbonyl (C=O) groups is 1. The number of hydrogen-bond acceptors (Lipinski definition) is 4. The summed E-state index contributed by atoms with van der Waals surface area (Å²) in [5, 5.41) is 8.11. The maximum atomic E-state index is 11.7. The van der Waals surface area contributed by atoms with Gasteiger partial charge in [-0.15, -0.1) is 0 Å². The van der Waals surface area contributed by atoms with Gasteiger partial charge in [0.1, 0.15) is 6.04 Å². The van der Waals surface area contributed by atoms with Crippen LogP contribution in [0, 0.1) is 13.8 Å². The molecule has 0 spiro atoms. The van der Waals surface area contributed by atoms with Crippen LogP contribution in [0.3, 0.4) is 0 Å². The smallest absolute Gasteiger partial charge is 0.324 e. The highest BCUT2D eigenvalue weighted by Gasteiger charge is 2.22. The number of esters is 1. The molecule has 1 unspecified atom stereocenters. The summed E-state index contributed by atoms with van der Waals surface area (Å²) in [6.07, 6.45) is 0. The van der Waals surface area contributed by atoms with Crippen molar-refractivity contribution >= 4 is 17.6 Å². The van der Waals surface area contributed by atoms with Crippen molar-refractivity contribution in [1.29, 1.82) is 0 Å². The van der Waals surface area contributed by atoms with Gasteiger partial charge in [-0.05, 0) is 13.8 Å². The van der Waals surface area contributed by atoms with Gasteiger partial charge in [0.05, 0.1) is 30.1 Å². The number of aryl methyl sites for hydroxylation is 1. The Balaban J connectivity index is 2.88. The van der Waals surface area contributed by atoms with E-state index in [4.69, 9.17) is 16.3 Å². The van der Waals surface area contributed by atoms with E-state index in [2.05, 4.69) is 10.4 Å². The molecule has 1 N–H and O–H groups in total. The molecule has 1 aromatic heterocycles. The summed E-state index contributed by atoms with van der Waals surface area (Å²) >= 11 is 6.08. The highest BCUT2D eigenvalue weighted by molar-refractivity contribution is 6.31. The topological polar surface area (TPSA) is 56.2 Å². The second-order valence-corrected chi connectivity index (χ2v) is 4.94. The van der Waals surface area contributed by atoms with Crippen molar-refractivity contribution in [3.63, 3.8) is 0 Å². The number of nitrogens with one attached hydrogen (secondary N) is 1. The van der Waals surface area contributed by atoms with Crippen LogP contribution in [0.4, 0.5) is 0 Å². The molecule has 102 valence electrons. The number of hydrogen-bond donors (Lipinski definition) is 1. The normalized spacial score (nSPS) is 12.8. The first-order valence-electron chi connectivity index (χ1n) is 5.90. The van der Waals surface area contributed by atoms with Crippen LogP contribution >= 0.6 is 11.6 Å². The number of halogens is 1. The van der Waals surface area contributed by atoms with Crippen LogP contribution in [-0.4, -0.2) is 34.9 Å². The monoisotopic (exact) mass is 273 g/mol. The van der Waals surface area contributed by atoms with Crippen LogP contribution < -0.4 is 5.32 Å². The molecular formula is C12H20ClN3O2. The van der Waals surface area contributed by atoms with Gasteiger partial charge < -0.3 is 10.1 Å². The predicted molar refractivity (Wildman–Crippen MR) is 70.8 cm³/mol. The second kappa shape index (κ2) is 6.20. The van der Waals surface area contributed by atoms with Crippen LogP contribution in [-0.2, 0) is 16.1 Å². The van der Waals surface area contributed by atoms with Crippen molar-refractivity contribution in [3.8, 4) is 0 Å². The van der Waals surface area contributed by atoms with Crippen molar-refractivity contribution in [2.75, 3.05) is 7.11 Å². The van der Waals surface area contributed by atoms with E-state index >= 15 is 0 Å². The van der Waals surface area contributed by atoms with E-state index in [1.54, 1.807) is 4.68 Å². The molecule has 5 nitrogen and oxygen atoms in total. The molecule has 0 saturated heterocycles.